The summed E-state index contributed by atoms with van der Waals surface area (Å²) in [6.45, 7) is 3.81. The lowest BCUT2D eigenvalue weighted by molar-refractivity contribution is -0.123. The van der Waals surface area contributed by atoms with Crippen LogP contribution < -0.4 is 15.0 Å². The van der Waals surface area contributed by atoms with Crippen molar-refractivity contribution in [2.75, 3.05) is 23.4 Å². The van der Waals surface area contributed by atoms with E-state index in [0.717, 1.165) is 11.1 Å². The van der Waals surface area contributed by atoms with E-state index in [1.54, 1.807) is 6.07 Å². The van der Waals surface area contributed by atoms with Gasteiger partial charge >= 0.3 is 0 Å². The normalized spacial score (nSPS) is 13.3. The van der Waals surface area contributed by atoms with Crippen molar-refractivity contribution in [2.24, 2.45) is 0 Å². The molecule has 1 aliphatic heterocycles. The number of rotatable bonds is 3. The first-order chi connectivity index (χ1) is 11.0. The fourth-order valence-electron chi connectivity index (χ4n) is 2.54. The summed E-state index contributed by atoms with van der Waals surface area (Å²) in [6.07, 6.45) is 0. The van der Waals surface area contributed by atoms with Gasteiger partial charge in [-0.15, -0.1) is 0 Å². The van der Waals surface area contributed by atoms with Gasteiger partial charge in [-0.2, -0.15) is 0 Å². The summed E-state index contributed by atoms with van der Waals surface area (Å²) < 4.78 is 5.66. The molecule has 1 aliphatic rings. The molecule has 3 rings (SSSR count). The second kappa shape index (κ2) is 6.12. The van der Waals surface area contributed by atoms with Crippen molar-refractivity contribution in [2.45, 2.75) is 13.8 Å². The van der Waals surface area contributed by atoms with Crippen LogP contribution >= 0.6 is 0 Å². The zero-order chi connectivity index (χ0) is 16.4. The van der Waals surface area contributed by atoms with Crippen molar-refractivity contribution in [3.63, 3.8) is 0 Å². The van der Waals surface area contributed by atoms with E-state index in [2.05, 4.69) is 5.32 Å². The minimum Gasteiger partial charge on any atom is -0.483 e. The van der Waals surface area contributed by atoms with Gasteiger partial charge in [-0.1, -0.05) is 24.3 Å². The van der Waals surface area contributed by atoms with Crippen LogP contribution in [0.15, 0.2) is 42.5 Å². The van der Waals surface area contributed by atoms with E-state index >= 15 is 0 Å². The summed E-state index contributed by atoms with van der Waals surface area (Å²) in [4.78, 5) is 25.7. The summed E-state index contributed by atoms with van der Waals surface area (Å²) >= 11 is 0. The summed E-state index contributed by atoms with van der Waals surface area (Å²) in [7, 11) is 0. The van der Waals surface area contributed by atoms with Gasteiger partial charge in [0.25, 0.3) is 5.91 Å². The molecular weight excluding hydrogens is 292 g/mol. The van der Waals surface area contributed by atoms with Gasteiger partial charge in [-0.3, -0.25) is 14.5 Å². The predicted molar refractivity (Wildman–Crippen MR) is 88.8 cm³/mol. The fraction of sp³-hybridized carbons (Fsp3) is 0.222. The van der Waals surface area contributed by atoms with E-state index in [0.29, 0.717) is 17.1 Å². The number of aryl methyl sites for hydroxylation is 2. The monoisotopic (exact) mass is 310 g/mol. The van der Waals surface area contributed by atoms with Crippen LogP contribution in [0.5, 0.6) is 5.75 Å². The molecule has 2 amide bonds. The Labute approximate surface area is 134 Å². The molecule has 2 aromatic rings. The molecule has 0 fully saturated rings. The van der Waals surface area contributed by atoms with E-state index in [4.69, 9.17) is 4.74 Å². The molecule has 5 nitrogen and oxygen atoms in total. The first-order valence-electron chi connectivity index (χ1n) is 7.44. The smallest absolute Gasteiger partial charge is 0.265 e. The molecule has 0 aromatic heterocycles. The van der Waals surface area contributed by atoms with Gasteiger partial charge in [-0.05, 0) is 43.2 Å². The number of amides is 2. The molecule has 0 unspecified atom stereocenters. The molecule has 0 spiro atoms. The Balaban J connectivity index is 1.76. The number of hydrogen-bond donors (Lipinski definition) is 1. The number of carbonyl (C=O) groups is 2. The minimum atomic E-state index is -0.242. The van der Waals surface area contributed by atoms with Crippen LogP contribution in [0.4, 0.5) is 11.4 Å². The largest absolute Gasteiger partial charge is 0.483 e. The van der Waals surface area contributed by atoms with Gasteiger partial charge in [0.15, 0.2) is 6.61 Å². The number of fused-ring (bicyclic) bond motifs is 1. The molecule has 1 heterocycles. The van der Waals surface area contributed by atoms with Crippen LogP contribution in [0.25, 0.3) is 0 Å². The van der Waals surface area contributed by atoms with Gasteiger partial charge in [0, 0.05) is 0 Å². The lowest BCUT2D eigenvalue weighted by Gasteiger charge is -2.29. The van der Waals surface area contributed by atoms with E-state index in [9.17, 15) is 9.59 Å². The van der Waals surface area contributed by atoms with Gasteiger partial charge in [0.2, 0.25) is 5.91 Å². The van der Waals surface area contributed by atoms with E-state index in [1.165, 1.54) is 4.90 Å². The zero-order valence-corrected chi connectivity index (χ0v) is 13.1. The lowest BCUT2D eigenvalue weighted by atomic mass is 10.1. The second-order valence-electron chi connectivity index (χ2n) is 5.60. The van der Waals surface area contributed by atoms with Gasteiger partial charge in [-0.25, -0.2) is 0 Å². The number of nitrogens with one attached hydrogen (secondary N) is 1. The maximum absolute atomic E-state index is 12.5. The molecule has 2 aromatic carbocycles. The highest BCUT2D eigenvalue weighted by molar-refractivity contribution is 6.10. The highest BCUT2D eigenvalue weighted by Crippen LogP contribution is 2.29. The van der Waals surface area contributed by atoms with Crippen molar-refractivity contribution >= 4 is 23.2 Å². The lowest BCUT2D eigenvalue weighted by Crippen LogP contribution is -2.44. The molecule has 118 valence electrons. The Morgan fingerprint density at radius 2 is 2.00 bits per heavy atom. The van der Waals surface area contributed by atoms with Gasteiger partial charge in [0.1, 0.15) is 12.3 Å². The highest BCUT2D eigenvalue weighted by Gasteiger charge is 2.26. The number of hydrogen-bond acceptors (Lipinski definition) is 3. The van der Waals surface area contributed by atoms with Crippen molar-refractivity contribution in [3.05, 3.63) is 53.6 Å². The number of ether oxygens (including phenoxy) is 1. The van der Waals surface area contributed by atoms with Crippen molar-refractivity contribution in [1.29, 1.82) is 0 Å². The summed E-state index contributed by atoms with van der Waals surface area (Å²) in [6, 6.07) is 13.1. The van der Waals surface area contributed by atoms with Crippen molar-refractivity contribution in [3.8, 4) is 5.75 Å². The molecule has 0 aliphatic carbocycles. The Bertz CT molecular complexity index is 771. The average Bonchev–Trinajstić information content (AvgIpc) is 2.54. The Kier molecular flexibility index (Phi) is 4.02. The average molecular weight is 310 g/mol. The van der Waals surface area contributed by atoms with Crippen LogP contribution in [-0.2, 0) is 9.59 Å². The summed E-state index contributed by atoms with van der Waals surface area (Å²) in [5.74, 6) is 0.241. The van der Waals surface area contributed by atoms with Crippen molar-refractivity contribution in [1.82, 2.24) is 0 Å². The van der Waals surface area contributed by atoms with E-state index < -0.39 is 0 Å². The third-order valence-corrected chi connectivity index (χ3v) is 3.77. The number of para-hydroxylation sites is 2. The summed E-state index contributed by atoms with van der Waals surface area (Å²) in [5, 5.41) is 2.76. The molecule has 0 atom stereocenters. The third-order valence-electron chi connectivity index (χ3n) is 3.77. The van der Waals surface area contributed by atoms with E-state index in [-0.39, 0.29) is 25.0 Å². The molecule has 1 N–H and O–H groups in total. The van der Waals surface area contributed by atoms with Crippen LogP contribution in [-0.4, -0.2) is 25.0 Å². The molecule has 0 saturated carbocycles. The van der Waals surface area contributed by atoms with Crippen LogP contribution in [0.3, 0.4) is 0 Å². The highest BCUT2D eigenvalue weighted by atomic mass is 16.5. The van der Waals surface area contributed by atoms with Crippen LogP contribution in [0.2, 0.25) is 0 Å². The van der Waals surface area contributed by atoms with Crippen molar-refractivity contribution < 1.29 is 14.3 Å². The van der Waals surface area contributed by atoms with Crippen LogP contribution in [0.1, 0.15) is 11.1 Å². The van der Waals surface area contributed by atoms with Gasteiger partial charge in [0.05, 0.1) is 11.4 Å². The third kappa shape index (κ3) is 3.18. The Morgan fingerprint density at radius 3 is 2.83 bits per heavy atom. The number of carbonyl (C=O) groups excluding carboxylic acids is 2. The molecule has 0 radical (unpaired) electrons. The van der Waals surface area contributed by atoms with Gasteiger partial charge < -0.3 is 10.1 Å². The second-order valence-corrected chi connectivity index (χ2v) is 5.60. The first kappa shape index (κ1) is 15.1. The number of anilines is 2. The quantitative estimate of drug-likeness (QED) is 0.948. The maximum Gasteiger partial charge on any atom is 0.265 e. The first-order valence-corrected chi connectivity index (χ1v) is 7.44. The molecule has 5 heteroatoms. The zero-order valence-electron chi connectivity index (χ0n) is 13.1. The minimum absolute atomic E-state index is 0.00596. The number of benzene rings is 2. The Morgan fingerprint density at radius 1 is 1.22 bits per heavy atom. The fourth-order valence-corrected chi connectivity index (χ4v) is 2.54. The molecule has 23 heavy (non-hydrogen) atoms. The predicted octanol–water partition coefficient (Wildman–Crippen LogP) is 2.67. The molecule has 0 bridgehead atoms. The van der Waals surface area contributed by atoms with E-state index in [1.807, 2.05) is 50.2 Å². The summed E-state index contributed by atoms with van der Waals surface area (Å²) in [5.41, 5.74) is 3.38. The Hall–Kier alpha value is -2.82. The van der Waals surface area contributed by atoms with Crippen LogP contribution in [0, 0.1) is 13.8 Å². The number of nitrogens with zero attached hydrogens (tertiary/aromatic N) is 1. The maximum atomic E-state index is 12.5. The molecular formula is C18H18N2O3. The standard InChI is InChI=1S/C18H18N2O3/c1-12-7-8-13(2)16(9-12)23-11-18(22)20-10-17(21)19-14-5-3-4-6-15(14)20/h3-9H,10-11H2,1-2H3,(H,19,21). The SMILES string of the molecule is Cc1ccc(C)c(OCC(=O)N2CC(=O)Nc3ccccc32)c1. The molecule has 0 saturated heterocycles. The topological polar surface area (TPSA) is 58.6 Å².